The highest BCUT2D eigenvalue weighted by molar-refractivity contribution is 6.42. The summed E-state index contributed by atoms with van der Waals surface area (Å²) < 4.78 is 0. The minimum atomic E-state index is -0.796. The number of rotatable bonds is 5. The van der Waals surface area contributed by atoms with E-state index >= 15 is 0 Å². The van der Waals surface area contributed by atoms with Gasteiger partial charge in [-0.2, -0.15) is 0 Å². The molecule has 88 valence electrons. The van der Waals surface area contributed by atoms with E-state index in [1.165, 1.54) is 0 Å². The number of benzene rings is 1. The van der Waals surface area contributed by atoms with Gasteiger partial charge in [0, 0.05) is 12.2 Å². The van der Waals surface area contributed by atoms with Crippen LogP contribution in [-0.4, -0.2) is 17.6 Å². The van der Waals surface area contributed by atoms with Crippen LogP contribution in [0, 0.1) is 5.92 Å². The van der Waals surface area contributed by atoms with Crippen molar-refractivity contribution < 1.29 is 9.90 Å². The normalized spacial score (nSPS) is 12.2. The van der Waals surface area contributed by atoms with E-state index in [1.807, 2.05) is 6.92 Å². The maximum atomic E-state index is 10.8. The first kappa shape index (κ1) is 13.1. The van der Waals surface area contributed by atoms with Crippen LogP contribution in [0.2, 0.25) is 10.0 Å². The highest BCUT2D eigenvalue weighted by atomic mass is 35.5. The zero-order chi connectivity index (χ0) is 12.1. The third-order valence-electron chi connectivity index (χ3n) is 2.31. The summed E-state index contributed by atoms with van der Waals surface area (Å²) in [5.74, 6) is -1.19. The summed E-state index contributed by atoms with van der Waals surface area (Å²) in [6.07, 6.45) is 0.587. The number of carboxylic acid groups (broad SMARTS) is 1. The van der Waals surface area contributed by atoms with Gasteiger partial charge >= 0.3 is 5.97 Å². The summed E-state index contributed by atoms with van der Waals surface area (Å²) in [6.45, 7) is 2.22. The Morgan fingerprint density at radius 3 is 2.62 bits per heavy atom. The van der Waals surface area contributed by atoms with Gasteiger partial charge < -0.3 is 10.4 Å². The van der Waals surface area contributed by atoms with Gasteiger partial charge in [-0.25, -0.2) is 0 Å². The predicted octanol–water partition coefficient (Wildman–Crippen LogP) is 3.52. The van der Waals surface area contributed by atoms with Crippen LogP contribution in [0.5, 0.6) is 0 Å². The molecular weight excluding hydrogens is 249 g/mol. The number of halogens is 2. The molecule has 0 aliphatic heterocycles. The fourth-order valence-corrected chi connectivity index (χ4v) is 1.55. The van der Waals surface area contributed by atoms with E-state index in [2.05, 4.69) is 5.32 Å². The van der Waals surface area contributed by atoms with Gasteiger partial charge in [-0.15, -0.1) is 0 Å². The molecule has 0 heterocycles. The molecule has 0 aromatic heterocycles. The lowest BCUT2D eigenvalue weighted by Gasteiger charge is -2.12. The molecule has 5 heteroatoms. The summed E-state index contributed by atoms with van der Waals surface area (Å²) in [5, 5.41) is 12.8. The van der Waals surface area contributed by atoms with Crippen molar-refractivity contribution in [1.29, 1.82) is 0 Å². The number of carboxylic acids is 1. The lowest BCUT2D eigenvalue weighted by atomic mass is 10.1. The van der Waals surface area contributed by atoms with Crippen LogP contribution in [0.4, 0.5) is 5.69 Å². The lowest BCUT2D eigenvalue weighted by Crippen LogP contribution is -2.21. The first-order valence-corrected chi connectivity index (χ1v) is 5.72. The Balaban J connectivity index is 2.60. The standard InChI is InChI=1S/C11H13Cl2NO2/c1-2-7(11(15)16)6-14-8-3-4-9(12)10(13)5-8/h3-5,7,14H,2,6H2,1H3,(H,15,16). The average molecular weight is 262 g/mol. The van der Waals surface area contributed by atoms with Crippen molar-refractivity contribution in [2.24, 2.45) is 5.92 Å². The van der Waals surface area contributed by atoms with Crippen LogP contribution in [0.25, 0.3) is 0 Å². The zero-order valence-corrected chi connectivity index (χ0v) is 10.3. The molecule has 0 saturated carbocycles. The second kappa shape index (κ2) is 5.97. The number of anilines is 1. The molecule has 0 aliphatic rings. The second-order valence-electron chi connectivity index (χ2n) is 3.45. The Bertz CT molecular complexity index is 382. The van der Waals surface area contributed by atoms with E-state index in [4.69, 9.17) is 28.3 Å². The third-order valence-corrected chi connectivity index (χ3v) is 3.05. The molecule has 3 nitrogen and oxygen atoms in total. The van der Waals surface area contributed by atoms with E-state index in [0.717, 1.165) is 5.69 Å². The summed E-state index contributed by atoms with van der Waals surface area (Å²) in [5.41, 5.74) is 0.772. The maximum Gasteiger partial charge on any atom is 0.308 e. The molecule has 1 unspecified atom stereocenters. The summed E-state index contributed by atoms with van der Waals surface area (Å²) in [4.78, 5) is 10.8. The van der Waals surface area contributed by atoms with Crippen LogP contribution in [0.3, 0.4) is 0 Å². The topological polar surface area (TPSA) is 49.3 Å². The summed E-state index contributed by atoms with van der Waals surface area (Å²) in [6, 6.07) is 5.12. The van der Waals surface area contributed by atoms with Crippen LogP contribution >= 0.6 is 23.2 Å². The Morgan fingerprint density at radius 1 is 1.44 bits per heavy atom. The van der Waals surface area contributed by atoms with Crippen molar-refractivity contribution in [2.75, 3.05) is 11.9 Å². The minimum absolute atomic E-state index is 0.379. The predicted molar refractivity (Wildman–Crippen MR) is 66.4 cm³/mol. The molecule has 1 aromatic rings. The van der Waals surface area contributed by atoms with Gasteiger partial charge in [0.1, 0.15) is 0 Å². The van der Waals surface area contributed by atoms with Gasteiger partial charge in [0.05, 0.1) is 16.0 Å². The van der Waals surface area contributed by atoms with Crippen LogP contribution < -0.4 is 5.32 Å². The lowest BCUT2D eigenvalue weighted by molar-refractivity contribution is -0.141. The van der Waals surface area contributed by atoms with Gasteiger partial charge in [0.15, 0.2) is 0 Å². The molecule has 0 radical (unpaired) electrons. The molecule has 16 heavy (non-hydrogen) atoms. The van der Waals surface area contributed by atoms with Gasteiger partial charge in [-0.05, 0) is 24.6 Å². The number of hydrogen-bond donors (Lipinski definition) is 2. The molecule has 2 N–H and O–H groups in total. The highest BCUT2D eigenvalue weighted by Crippen LogP contribution is 2.25. The van der Waals surface area contributed by atoms with E-state index in [-0.39, 0.29) is 0 Å². The molecule has 1 rings (SSSR count). The number of hydrogen-bond acceptors (Lipinski definition) is 2. The third kappa shape index (κ3) is 3.58. The molecule has 0 amide bonds. The monoisotopic (exact) mass is 261 g/mol. The van der Waals surface area contributed by atoms with Gasteiger partial charge in [-0.1, -0.05) is 30.1 Å². The van der Waals surface area contributed by atoms with Crippen molar-refractivity contribution in [1.82, 2.24) is 0 Å². The smallest absolute Gasteiger partial charge is 0.308 e. The van der Waals surface area contributed by atoms with Crippen LogP contribution in [0.1, 0.15) is 13.3 Å². The second-order valence-corrected chi connectivity index (χ2v) is 4.27. The van der Waals surface area contributed by atoms with Crippen LogP contribution in [-0.2, 0) is 4.79 Å². The first-order chi connectivity index (χ1) is 7.54. The molecule has 0 fully saturated rings. The molecular formula is C11H13Cl2NO2. The van der Waals surface area contributed by atoms with Gasteiger partial charge in [-0.3, -0.25) is 4.79 Å². The van der Waals surface area contributed by atoms with E-state index in [9.17, 15) is 4.79 Å². The SMILES string of the molecule is CCC(CNc1ccc(Cl)c(Cl)c1)C(=O)O. The van der Waals surface area contributed by atoms with E-state index < -0.39 is 11.9 Å². The van der Waals surface area contributed by atoms with E-state index in [0.29, 0.717) is 23.0 Å². The Kier molecular flexibility index (Phi) is 4.90. The van der Waals surface area contributed by atoms with Crippen molar-refractivity contribution in [3.8, 4) is 0 Å². The Hall–Kier alpha value is -0.930. The van der Waals surface area contributed by atoms with Crippen molar-refractivity contribution >= 4 is 34.9 Å². The quantitative estimate of drug-likeness (QED) is 0.853. The van der Waals surface area contributed by atoms with E-state index in [1.54, 1.807) is 18.2 Å². The summed E-state index contributed by atoms with van der Waals surface area (Å²) in [7, 11) is 0. The highest BCUT2D eigenvalue weighted by Gasteiger charge is 2.14. The fourth-order valence-electron chi connectivity index (χ4n) is 1.25. The molecule has 0 saturated heterocycles. The van der Waals surface area contributed by atoms with Crippen LogP contribution in [0.15, 0.2) is 18.2 Å². The Labute approximate surface area is 104 Å². The zero-order valence-electron chi connectivity index (χ0n) is 8.84. The van der Waals surface area contributed by atoms with Crippen molar-refractivity contribution in [3.05, 3.63) is 28.2 Å². The van der Waals surface area contributed by atoms with Crippen molar-refractivity contribution in [2.45, 2.75) is 13.3 Å². The maximum absolute atomic E-state index is 10.8. The average Bonchev–Trinajstić information content (AvgIpc) is 2.23. The molecule has 0 spiro atoms. The molecule has 0 aliphatic carbocycles. The largest absolute Gasteiger partial charge is 0.481 e. The molecule has 1 atom stereocenters. The summed E-state index contributed by atoms with van der Waals surface area (Å²) >= 11 is 11.6. The molecule has 0 bridgehead atoms. The number of carbonyl (C=O) groups is 1. The minimum Gasteiger partial charge on any atom is -0.481 e. The Morgan fingerprint density at radius 2 is 2.12 bits per heavy atom. The molecule has 1 aromatic carbocycles. The number of nitrogens with one attached hydrogen (secondary N) is 1. The first-order valence-electron chi connectivity index (χ1n) is 4.96. The van der Waals surface area contributed by atoms with Gasteiger partial charge in [0.25, 0.3) is 0 Å². The van der Waals surface area contributed by atoms with Crippen molar-refractivity contribution in [3.63, 3.8) is 0 Å². The number of aliphatic carboxylic acids is 1. The van der Waals surface area contributed by atoms with Gasteiger partial charge in [0.2, 0.25) is 0 Å². The fraction of sp³-hybridized carbons (Fsp3) is 0.364.